The minimum atomic E-state index is -2.96. The van der Waals surface area contributed by atoms with Crippen molar-refractivity contribution in [1.82, 2.24) is 9.78 Å². The summed E-state index contributed by atoms with van der Waals surface area (Å²) in [5, 5.41) is 6.61. The van der Waals surface area contributed by atoms with Crippen LogP contribution >= 0.6 is 15.9 Å². The molecule has 1 N–H and O–H groups in total. The molecule has 1 aromatic heterocycles. The Morgan fingerprint density at radius 1 is 1.45 bits per heavy atom. The topological polar surface area (TPSA) is 56.1 Å². The number of alkyl halides is 2. The minimum Gasteiger partial charge on any atom is -0.433 e. The van der Waals surface area contributed by atoms with E-state index in [-0.39, 0.29) is 23.9 Å². The maximum absolute atomic E-state index is 12.4. The van der Waals surface area contributed by atoms with E-state index in [9.17, 15) is 13.6 Å². The van der Waals surface area contributed by atoms with Gasteiger partial charge in [-0.15, -0.1) is 0 Å². The van der Waals surface area contributed by atoms with Crippen molar-refractivity contribution >= 4 is 27.5 Å². The van der Waals surface area contributed by atoms with Gasteiger partial charge in [0.25, 0.3) is 0 Å². The van der Waals surface area contributed by atoms with Crippen LogP contribution in [0.15, 0.2) is 28.9 Å². The second-order valence-electron chi connectivity index (χ2n) is 4.66. The van der Waals surface area contributed by atoms with Crippen LogP contribution in [0, 0.1) is 13.8 Å². The number of nitrogens with zero attached hydrogens (tertiary/aromatic N) is 2. The molecule has 0 atom stereocenters. The maximum atomic E-state index is 12.4. The Hall–Kier alpha value is -1.96. The van der Waals surface area contributed by atoms with Crippen LogP contribution in [-0.2, 0) is 11.3 Å². The van der Waals surface area contributed by atoms with Gasteiger partial charge in [0.15, 0.2) is 0 Å². The molecule has 5 nitrogen and oxygen atoms in total. The summed E-state index contributed by atoms with van der Waals surface area (Å²) in [6, 6.07) is 4.59. The number of anilines is 1. The molecule has 22 heavy (non-hydrogen) atoms. The van der Waals surface area contributed by atoms with E-state index in [4.69, 9.17) is 0 Å². The van der Waals surface area contributed by atoms with Gasteiger partial charge in [0.2, 0.25) is 5.91 Å². The number of carbonyl (C=O) groups excluding carboxylic acids is 1. The number of rotatable bonds is 5. The summed E-state index contributed by atoms with van der Waals surface area (Å²) in [7, 11) is 0. The average Bonchev–Trinajstić information content (AvgIpc) is 2.73. The molecule has 0 saturated carbocycles. The van der Waals surface area contributed by atoms with Crippen molar-refractivity contribution in [3.63, 3.8) is 0 Å². The lowest BCUT2D eigenvalue weighted by atomic mass is 10.2. The third-order valence-corrected chi connectivity index (χ3v) is 3.74. The predicted octanol–water partition coefficient (Wildman–Crippen LogP) is 3.50. The van der Waals surface area contributed by atoms with E-state index in [1.807, 2.05) is 6.92 Å². The molecule has 118 valence electrons. The first-order valence-corrected chi connectivity index (χ1v) is 7.19. The highest BCUT2D eigenvalue weighted by Crippen LogP contribution is 2.27. The van der Waals surface area contributed by atoms with E-state index < -0.39 is 6.61 Å². The second kappa shape index (κ2) is 6.87. The zero-order valence-electron chi connectivity index (χ0n) is 11.9. The van der Waals surface area contributed by atoms with Crippen LogP contribution in [0.4, 0.5) is 14.5 Å². The lowest BCUT2D eigenvalue weighted by Gasteiger charge is -2.13. The van der Waals surface area contributed by atoms with Gasteiger partial charge in [0.05, 0.1) is 22.1 Å². The summed E-state index contributed by atoms with van der Waals surface area (Å²) in [5.74, 6) is -0.462. The zero-order valence-corrected chi connectivity index (χ0v) is 13.5. The Morgan fingerprint density at radius 3 is 2.77 bits per heavy atom. The van der Waals surface area contributed by atoms with Crippen molar-refractivity contribution in [3.8, 4) is 5.75 Å². The molecule has 0 radical (unpaired) electrons. The van der Waals surface area contributed by atoms with Gasteiger partial charge in [-0.25, -0.2) is 0 Å². The molecule has 0 aliphatic carbocycles. The number of halogens is 3. The highest BCUT2D eigenvalue weighted by molar-refractivity contribution is 9.10. The normalized spacial score (nSPS) is 10.8. The number of carbonyl (C=O) groups is 1. The first kappa shape index (κ1) is 16.4. The van der Waals surface area contributed by atoms with Crippen molar-refractivity contribution in [2.45, 2.75) is 27.0 Å². The highest BCUT2D eigenvalue weighted by Gasteiger charge is 2.14. The lowest BCUT2D eigenvalue weighted by molar-refractivity contribution is -0.117. The largest absolute Gasteiger partial charge is 0.433 e. The Balaban J connectivity index is 2.14. The number of aryl methyl sites for hydroxylation is 1. The third-order valence-electron chi connectivity index (χ3n) is 2.96. The number of hydrogen-bond donors (Lipinski definition) is 1. The molecule has 0 bridgehead atoms. The van der Waals surface area contributed by atoms with Crippen molar-refractivity contribution in [2.75, 3.05) is 5.32 Å². The molecule has 0 aliphatic heterocycles. The molecule has 1 amide bonds. The van der Waals surface area contributed by atoms with Crippen molar-refractivity contribution in [2.24, 2.45) is 0 Å². The molecule has 0 unspecified atom stereocenters. The summed E-state index contributed by atoms with van der Waals surface area (Å²) < 4.78 is 31.5. The fourth-order valence-corrected chi connectivity index (χ4v) is 2.15. The molecule has 2 rings (SSSR count). The monoisotopic (exact) mass is 373 g/mol. The smallest absolute Gasteiger partial charge is 0.387 e. The Labute approximate surface area is 134 Å². The van der Waals surface area contributed by atoms with Crippen molar-refractivity contribution in [1.29, 1.82) is 0 Å². The molecule has 8 heteroatoms. The number of ether oxygens (including phenoxy) is 1. The van der Waals surface area contributed by atoms with Crippen LogP contribution in [0.3, 0.4) is 0 Å². The highest BCUT2D eigenvalue weighted by atomic mass is 79.9. The standard InChI is InChI=1S/C14H14BrF2N3O2/c1-8-3-4-12(22-14(16)17)11(5-8)19-13(21)7-20-9(2)10(15)6-18-20/h3-6,14H,7H2,1-2H3,(H,19,21). The Morgan fingerprint density at radius 2 is 2.18 bits per heavy atom. The van der Waals surface area contributed by atoms with Gasteiger partial charge in [-0.3, -0.25) is 9.48 Å². The molecular weight excluding hydrogens is 360 g/mol. The molecule has 0 fully saturated rings. The van der Waals surface area contributed by atoms with Crippen LogP contribution < -0.4 is 10.1 Å². The predicted molar refractivity (Wildman–Crippen MR) is 81.1 cm³/mol. The van der Waals surface area contributed by atoms with Crippen LogP contribution in [0.5, 0.6) is 5.75 Å². The molecule has 0 spiro atoms. The molecule has 1 aromatic carbocycles. The molecular formula is C14H14BrF2N3O2. The van der Waals surface area contributed by atoms with Gasteiger partial charge in [0, 0.05) is 0 Å². The molecule has 0 saturated heterocycles. The van der Waals surface area contributed by atoms with Gasteiger partial charge < -0.3 is 10.1 Å². The first-order chi connectivity index (χ1) is 10.4. The Kier molecular flexibility index (Phi) is 5.12. The van der Waals surface area contributed by atoms with Crippen LogP contribution in [0.2, 0.25) is 0 Å². The summed E-state index contributed by atoms with van der Waals surface area (Å²) in [6.45, 7) is 0.612. The van der Waals surface area contributed by atoms with Crippen molar-refractivity contribution < 1.29 is 18.3 Å². The number of aromatic nitrogens is 2. The average molecular weight is 374 g/mol. The fourth-order valence-electron chi connectivity index (χ4n) is 1.85. The van der Waals surface area contributed by atoms with E-state index in [2.05, 4.69) is 31.1 Å². The van der Waals surface area contributed by atoms with Gasteiger partial charge in [-0.05, 0) is 47.5 Å². The summed E-state index contributed by atoms with van der Waals surface area (Å²) in [4.78, 5) is 12.1. The van der Waals surface area contributed by atoms with E-state index in [0.29, 0.717) is 0 Å². The molecule has 2 aromatic rings. The third kappa shape index (κ3) is 4.03. The second-order valence-corrected chi connectivity index (χ2v) is 5.52. The fraction of sp³-hybridized carbons (Fsp3) is 0.286. The summed E-state index contributed by atoms with van der Waals surface area (Å²) >= 11 is 3.30. The maximum Gasteiger partial charge on any atom is 0.387 e. The number of benzene rings is 1. The van der Waals surface area contributed by atoms with Gasteiger partial charge in [0.1, 0.15) is 12.3 Å². The van der Waals surface area contributed by atoms with Crippen LogP contribution in [0.1, 0.15) is 11.3 Å². The van der Waals surface area contributed by atoms with Crippen molar-refractivity contribution in [3.05, 3.63) is 40.1 Å². The van der Waals surface area contributed by atoms with E-state index in [1.165, 1.54) is 10.7 Å². The van der Waals surface area contributed by atoms with Gasteiger partial charge in [-0.2, -0.15) is 13.9 Å². The zero-order chi connectivity index (χ0) is 16.3. The first-order valence-electron chi connectivity index (χ1n) is 6.40. The summed E-state index contributed by atoms with van der Waals surface area (Å²) in [5.41, 5.74) is 1.81. The van der Waals surface area contributed by atoms with Gasteiger partial charge >= 0.3 is 6.61 Å². The quantitative estimate of drug-likeness (QED) is 0.872. The van der Waals surface area contributed by atoms with E-state index in [1.54, 1.807) is 25.3 Å². The number of hydrogen-bond acceptors (Lipinski definition) is 3. The molecule has 0 aliphatic rings. The Bertz CT molecular complexity index is 689. The minimum absolute atomic E-state index is 0.0283. The number of nitrogens with one attached hydrogen (secondary N) is 1. The number of amides is 1. The van der Waals surface area contributed by atoms with E-state index >= 15 is 0 Å². The van der Waals surface area contributed by atoms with Gasteiger partial charge in [-0.1, -0.05) is 6.07 Å². The lowest BCUT2D eigenvalue weighted by Crippen LogP contribution is -2.21. The van der Waals surface area contributed by atoms with Crippen LogP contribution in [-0.4, -0.2) is 22.3 Å². The SMILES string of the molecule is Cc1ccc(OC(F)F)c(NC(=O)Cn2ncc(Br)c2C)c1. The summed E-state index contributed by atoms with van der Waals surface area (Å²) in [6.07, 6.45) is 1.58. The molecule has 1 heterocycles. The van der Waals surface area contributed by atoms with Crippen LogP contribution in [0.25, 0.3) is 0 Å². The van der Waals surface area contributed by atoms with E-state index in [0.717, 1.165) is 15.7 Å².